The van der Waals surface area contributed by atoms with Gasteiger partial charge in [-0.2, -0.15) is 0 Å². The van der Waals surface area contributed by atoms with E-state index in [4.69, 9.17) is 5.11 Å². The minimum atomic E-state index is -1.11. The van der Waals surface area contributed by atoms with Gasteiger partial charge in [0.15, 0.2) is 0 Å². The van der Waals surface area contributed by atoms with E-state index in [0.29, 0.717) is 5.39 Å². The van der Waals surface area contributed by atoms with E-state index >= 15 is 0 Å². The Morgan fingerprint density at radius 2 is 1.62 bits per heavy atom. The lowest BCUT2D eigenvalue weighted by molar-refractivity contribution is 0.0696. The fourth-order valence-electron chi connectivity index (χ4n) is 1.48. The topological polar surface area (TPSA) is 121 Å². The Kier molecular flexibility index (Phi) is 4.43. The summed E-state index contributed by atoms with van der Waals surface area (Å²) in [4.78, 5) is 10.9. The molecule has 0 aliphatic heterocycles. The zero-order valence-corrected chi connectivity index (χ0v) is 8.27. The molecule has 5 heteroatoms. The van der Waals surface area contributed by atoms with Crippen LogP contribution in [0.4, 0.5) is 0 Å². The van der Waals surface area contributed by atoms with Crippen molar-refractivity contribution in [3.63, 3.8) is 0 Å². The van der Waals surface area contributed by atoms with E-state index in [1.54, 1.807) is 24.3 Å². The molecular formula is C11H12O5. The second-order valence-corrected chi connectivity index (χ2v) is 2.99. The maximum Gasteiger partial charge on any atom is 0.340 e. The van der Waals surface area contributed by atoms with Gasteiger partial charge in [-0.05, 0) is 16.8 Å². The molecule has 0 aliphatic carbocycles. The molecule has 0 bridgehead atoms. The molecule has 0 fully saturated rings. The molecule has 2 rings (SSSR count). The summed E-state index contributed by atoms with van der Waals surface area (Å²) in [7, 11) is 0. The smallest absolute Gasteiger partial charge is 0.340 e. The van der Waals surface area contributed by atoms with E-state index in [-0.39, 0.29) is 22.3 Å². The second-order valence-electron chi connectivity index (χ2n) is 2.99. The van der Waals surface area contributed by atoms with Crippen molar-refractivity contribution in [2.75, 3.05) is 0 Å². The van der Waals surface area contributed by atoms with Gasteiger partial charge in [-0.3, -0.25) is 0 Å². The minimum absolute atomic E-state index is 0. The van der Waals surface area contributed by atoms with Crippen LogP contribution in [-0.2, 0) is 0 Å². The number of rotatable bonds is 1. The van der Waals surface area contributed by atoms with Crippen LogP contribution in [0.1, 0.15) is 10.4 Å². The fraction of sp³-hybridized carbons (Fsp3) is 0. The summed E-state index contributed by atoms with van der Waals surface area (Å²) in [5, 5.41) is 19.7. The van der Waals surface area contributed by atoms with Gasteiger partial charge >= 0.3 is 5.97 Å². The molecule has 0 spiro atoms. The van der Waals surface area contributed by atoms with Crippen molar-refractivity contribution < 1.29 is 26.0 Å². The number of aromatic hydroxyl groups is 1. The molecule has 86 valence electrons. The van der Waals surface area contributed by atoms with Crippen molar-refractivity contribution in [3.05, 3.63) is 42.0 Å². The number of fused-ring (bicyclic) bond motifs is 1. The van der Waals surface area contributed by atoms with Crippen molar-refractivity contribution in [3.8, 4) is 5.75 Å². The van der Waals surface area contributed by atoms with Crippen molar-refractivity contribution in [2.45, 2.75) is 0 Å². The highest BCUT2D eigenvalue weighted by molar-refractivity contribution is 6.06. The van der Waals surface area contributed by atoms with Crippen LogP contribution in [0.3, 0.4) is 0 Å². The standard InChI is InChI=1S/C11H8O3.2H2O/c12-9-6-5-7-3-1-2-4-8(7)10(9)11(13)14;;/h1-6,12H,(H,13,14);2*1H2. The Balaban J connectivity index is 0.00000112. The van der Waals surface area contributed by atoms with Crippen molar-refractivity contribution in [2.24, 2.45) is 0 Å². The normalized spacial score (nSPS) is 9.00. The Morgan fingerprint density at radius 3 is 2.25 bits per heavy atom. The van der Waals surface area contributed by atoms with Gasteiger partial charge in [0.25, 0.3) is 0 Å². The van der Waals surface area contributed by atoms with Crippen molar-refractivity contribution >= 4 is 16.7 Å². The summed E-state index contributed by atoms with van der Waals surface area (Å²) in [5.41, 5.74) is -0.0388. The summed E-state index contributed by atoms with van der Waals surface area (Å²) < 4.78 is 0. The molecule has 0 unspecified atom stereocenters. The minimum Gasteiger partial charge on any atom is -0.507 e. The first-order valence-corrected chi connectivity index (χ1v) is 4.14. The van der Waals surface area contributed by atoms with Crippen LogP contribution in [0.2, 0.25) is 0 Å². The predicted octanol–water partition coefficient (Wildman–Crippen LogP) is 0.594. The maximum absolute atomic E-state index is 10.9. The number of carboxylic acids is 1. The average molecular weight is 224 g/mol. The largest absolute Gasteiger partial charge is 0.507 e. The summed E-state index contributed by atoms with van der Waals surface area (Å²) in [6, 6.07) is 10.1. The first-order chi connectivity index (χ1) is 6.70. The third-order valence-corrected chi connectivity index (χ3v) is 2.12. The summed E-state index contributed by atoms with van der Waals surface area (Å²) in [6.07, 6.45) is 0. The van der Waals surface area contributed by atoms with E-state index in [2.05, 4.69) is 0 Å². The zero-order chi connectivity index (χ0) is 10.1. The third-order valence-electron chi connectivity index (χ3n) is 2.12. The third kappa shape index (κ3) is 2.10. The molecule has 0 saturated carbocycles. The Morgan fingerprint density at radius 1 is 1.00 bits per heavy atom. The van der Waals surface area contributed by atoms with Crippen LogP contribution in [-0.4, -0.2) is 27.1 Å². The molecule has 0 saturated heterocycles. The lowest BCUT2D eigenvalue weighted by Gasteiger charge is -2.03. The van der Waals surface area contributed by atoms with Gasteiger partial charge in [0.05, 0.1) is 0 Å². The molecule has 0 heterocycles. The highest BCUT2D eigenvalue weighted by Crippen LogP contribution is 2.26. The van der Waals surface area contributed by atoms with Crippen molar-refractivity contribution in [1.82, 2.24) is 0 Å². The summed E-state index contributed by atoms with van der Waals surface area (Å²) in [6.45, 7) is 0. The first-order valence-electron chi connectivity index (χ1n) is 4.14. The molecule has 2 aromatic rings. The van der Waals surface area contributed by atoms with Crippen LogP contribution in [0.15, 0.2) is 36.4 Å². The number of benzene rings is 2. The van der Waals surface area contributed by atoms with E-state index in [1.807, 2.05) is 6.07 Å². The molecule has 0 aliphatic rings. The zero-order valence-electron chi connectivity index (χ0n) is 8.27. The predicted molar refractivity (Wildman–Crippen MR) is 59.8 cm³/mol. The molecule has 16 heavy (non-hydrogen) atoms. The van der Waals surface area contributed by atoms with Gasteiger partial charge in [0.2, 0.25) is 0 Å². The fourth-order valence-corrected chi connectivity index (χ4v) is 1.48. The monoisotopic (exact) mass is 224 g/mol. The first kappa shape index (κ1) is 13.9. The van der Waals surface area contributed by atoms with Crippen LogP contribution >= 0.6 is 0 Å². The molecular weight excluding hydrogens is 212 g/mol. The number of carboxylic acid groups (broad SMARTS) is 1. The molecule has 0 radical (unpaired) electrons. The van der Waals surface area contributed by atoms with E-state index in [9.17, 15) is 9.90 Å². The van der Waals surface area contributed by atoms with E-state index in [1.165, 1.54) is 6.07 Å². The quantitative estimate of drug-likeness (QED) is 0.737. The average Bonchev–Trinajstić information content (AvgIpc) is 2.17. The SMILES string of the molecule is O.O.O=C(O)c1c(O)ccc2ccccc12. The Hall–Kier alpha value is -2.11. The molecule has 2 aromatic carbocycles. The number of hydrogen-bond donors (Lipinski definition) is 2. The lowest BCUT2D eigenvalue weighted by Crippen LogP contribution is -1.97. The van der Waals surface area contributed by atoms with Gasteiger partial charge < -0.3 is 21.2 Å². The van der Waals surface area contributed by atoms with Crippen molar-refractivity contribution in [1.29, 1.82) is 0 Å². The van der Waals surface area contributed by atoms with Gasteiger partial charge in [-0.1, -0.05) is 30.3 Å². The van der Waals surface area contributed by atoms with E-state index < -0.39 is 5.97 Å². The highest BCUT2D eigenvalue weighted by Gasteiger charge is 2.12. The van der Waals surface area contributed by atoms with Gasteiger partial charge in [0, 0.05) is 0 Å². The Labute approximate surface area is 91.2 Å². The lowest BCUT2D eigenvalue weighted by atomic mass is 10.0. The summed E-state index contributed by atoms with van der Waals surface area (Å²) >= 11 is 0. The number of phenols is 1. The highest BCUT2D eigenvalue weighted by atomic mass is 16.4. The van der Waals surface area contributed by atoms with E-state index in [0.717, 1.165) is 5.39 Å². The van der Waals surface area contributed by atoms with Crippen LogP contribution < -0.4 is 0 Å². The Bertz CT molecular complexity index is 507. The molecule has 0 atom stereocenters. The van der Waals surface area contributed by atoms with Gasteiger partial charge in [-0.15, -0.1) is 0 Å². The van der Waals surface area contributed by atoms with Crippen LogP contribution in [0.5, 0.6) is 5.75 Å². The maximum atomic E-state index is 10.9. The molecule has 0 aromatic heterocycles. The molecule has 0 amide bonds. The van der Waals surface area contributed by atoms with Gasteiger partial charge in [-0.25, -0.2) is 4.79 Å². The number of aromatic carboxylic acids is 1. The number of hydrogen-bond acceptors (Lipinski definition) is 2. The van der Waals surface area contributed by atoms with Crippen LogP contribution in [0, 0.1) is 0 Å². The molecule has 5 nitrogen and oxygen atoms in total. The molecule has 6 N–H and O–H groups in total. The second kappa shape index (κ2) is 5.11. The summed E-state index contributed by atoms with van der Waals surface area (Å²) in [5.74, 6) is -1.31. The number of carbonyl (C=O) groups is 1. The van der Waals surface area contributed by atoms with Gasteiger partial charge in [0.1, 0.15) is 11.3 Å². The van der Waals surface area contributed by atoms with Crippen LogP contribution in [0.25, 0.3) is 10.8 Å².